The minimum absolute atomic E-state index is 0.0135. The van der Waals surface area contributed by atoms with Gasteiger partial charge in [-0.05, 0) is 74.4 Å². The first-order chi connectivity index (χ1) is 23.9. The summed E-state index contributed by atoms with van der Waals surface area (Å²) in [5.41, 5.74) is 8.47. The fourth-order valence-electron chi connectivity index (χ4n) is 5.63. The Labute approximate surface area is 292 Å². The van der Waals surface area contributed by atoms with Crippen LogP contribution in [0.5, 0.6) is 5.75 Å². The highest BCUT2D eigenvalue weighted by Crippen LogP contribution is 2.29. The summed E-state index contributed by atoms with van der Waals surface area (Å²) in [4.78, 5) is 54.7. The number of fused-ring (bicyclic) bond motifs is 1. The van der Waals surface area contributed by atoms with Crippen LogP contribution in [0.4, 0.5) is 31.9 Å². The molecule has 1 heterocycles. The number of carbonyl (C=O) groups excluding carboxylic acids is 4. The van der Waals surface area contributed by atoms with E-state index in [0.29, 0.717) is 59.7 Å². The number of aliphatic hydroxyl groups excluding tert-OH is 1. The molecule has 0 radical (unpaired) electrons. The van der Waals surface area contributed by atoms with Gasteiger partial charge in [0.25, 0.3) is 0 Å². The number of para-hydroxylation sites is 2. The van der Waals surface area contributed by atoms with E-state index >= 15 is 0 Å². The normalized spacial score (nSPS) is 16.5. The first-order valence-corrected chi connectivity index (χ1v) is 16.8. The van der Waals surface area contributed by atoms with Crippen LogP contribution in [0.15, 0.2) is 66.7 Å². The summed E-state index contributed by atoms with van der Waals surface area (Å²) in [5.74, 6) is -0.724. The summed E-state index contributed by atoms with van der Waals surface area (Å²) in [5, 5.41) is 18.4. The Morgan fingerprint density at radius 2 is 1.64 bits per heavy atom. The van der Waals surface area contributed by atoms with Crippen molar-refractivity contribution in [2.24, 2.45) is 5.92 Å². The van der Waals surface area contributed by atoms with Gasteiger partial charge in [-0.15, -0.1) is 0 Å². The van der Waals surface area contributed by atoms with Gasteiger partial charge in [0.05, 0.1) is 37.0 Å². The Morgan fingerprint density at radius 3 is 2.32 bits per heavy atom. The van der Waals surface area contributed by atoms with Crippen molar-refractivity contribution in [3.8, 4) is 5.75 Å². The third kappa shape index (κ3) is 10.9. The van der Waals surface area contributed by atoms with E-state index in [-0.39, 0.29) is 56.2 Å². The number of benzene rings is 3. The van der Waals surface area contributed by atoms with Crippen molar-refractivity contribution in [2.45, 2.75) is 64.5 Å². The first-order valence-electron chi connectivity index (χ1n) is 16.8. The molecule has 3 aromatic carbocycles. The summed E-state index contributed by atoms with van der Waals surface area (Å²) in [6.07, 6.45) is 1.92. The lowest BCUT2D eigenvalue weighted by Gasteiger charge is -2.34. The second-order valence-corrected chi connectivity index (χ2v) is 12.8. The highest BCUT2D eigenvalue weighted by molar-refractivity contribution is 5.94. The molecule has 12 nitrogen and oxygen atoms in total. The number of unbranched alkanes of at least 4 members (excludes halogenated alkanes) is 2. The number of nitrogens with one attached hydrogen (secondary N) is 3. The lowest BCUT2D eigenvalue weighted by atomic mass is 10.0. The fraction of sp³-hybridized carbons (Fsp3) is 0.405. The quantitative estimate of drug-likeness (QED) is 0.121. The van der Waals surface area contributed by atoms with Gasteiger partial charge in [0, 0.05) is 49.3 Å². The second-order valence-electron chi connectivity index (χ2n) is 12.8. The minimum atomic E-state index is -0.537. The first kappa shape index (κ1) is 37.6. The maximum absolute atomic E-state index is 13.5. The number of amides is 5. The molecule has 0 saturated carbocycles. The monoisotopic (exact) mass is 690 g/mol. The highest BCUT2D eigenvalue weighted by Gasteiger charge is 2.32. The molecule has 0 unspecified atom stereocenters. The zero-order valence-corrected chi connectivity index (χ0v) is 28.8. The van der Waals surface area contributed by atoms with Crippen LogP contribution in [-0.2, 0) is 20.8 Å². The molecule has 5 amide bonds. The van der Waals surface area contributed by atoms with Crippen molar-refractivity contribution in [3.63, 3.8) is 0 Å². The van der Waals surface area contributed by atoms with Crippen LogP contribution in [0, 0.1) is 11.7 Å². The van der Waals surface area contributed by atoms with Crippen LogP contribution in [0.25, 0.3) is 0 Å². The topological polar surface area (TPSA) is 166 Å². The molecule has 3 aromatic rings. The number of urea groups is 1. The molecule has 0 aliphatic carbocycles. The van der Waals surface area contributed by atoms with Gasteiger partial charge in [0.15, 0.2) is 0 Å². The van der Waals surface area contributed by atoms with Crippen molar-refractivity contribution < 1.29 is 33.4 Å². The molecule has 0 aromatic heterocycles. The Hall–Kier alpha value is -5.17. The van der Waals surface area contributed by atoms with E-state index in [1.54, 1.807) is 61.3 Å². The molecule has 0 spiro atoms. The van der Waals surface area contributed by atoms with Crippen molar-refractivity contribution in [2.75, 3.05) is 48.4 Å². The van der Waals surface area contributed by atoms with Gasteiger partial charge in [-0.25, -0.2) is 9.18 Å². The maximum Gasteiger partial charge on any atom is 0.321 e. The number of nitrogen functional groups attached to an aromatic ring is 1. The van der Waals surface area contributed by atoms with Crippen LogP contribution in [0.2, 0.25) is 0 Å². The van der Waals surface area contributed by atoms with Gasteiger partial charge in [-0.3, -0.25) is 14.4 Å². The van der Waals surface area contributed by atoms with E-state index in [0.717, 1.165) is 0 Å². The van der Waals surface area contributed by atoms with Gasteiger partial charge in [0.1, 0.15) is 17.7 Å². The Morgan fingerprint density at radius 1 is 0.980 bits per heavy atom. The summed E-state index contributed by atoms with van der Waals surface area (Å²) < 4.78 is 19.8. The van der Waals surface area contributed by atoms with Gasteiger partial charge in [-0.2, -0.15) is 0 Å². The highest BCUT2D eigenvalue weighted by atomic mass is 19.1. The summed E-state index contributed by atoms with van der Waals surface area (Å²) in [6, 6.07) is 16.8. The third-order valence-electron chi connectivity index (χ3n) is 8.64. The molecule has 1 aliphatic rings. The number of carbonyl (C=O) groups is 4. The number of hydrogen-bond acceptors (Lipinski definition) is 7. The number of rotatable bonds is 13. The molecule has 6 N–H and O–H groups in total. The summed E-state index contributed by atoms with van der Waals surface area (Å²) in [7, 11) is 1.62. The molecule has 0 saturated heterocycles. The molecular formula is C37H47FN6O6. The predicted octanol–water partition coefficient (Wildman–Crippen LogP) is 5.25. The summed E-state index contributed by atoms with van der Waals surface area (Å²) >= 11 is 0. The van der Waals surface area contributed by atoms with Crippen molar-refractivity contribution in [1.29, 1.82) is 0 Å². The Balaban J connectivity index is 1.37. The van der Waals surface area contributed by atoms with Crippen LogP contribution in [-0.4, -0.2) is 77.5 Å². The van der Waals surface area contributed by atoms with Gasteiger partial charge >= 0.3 is 6.03 Å². The maximum atomic E-state index is 13.5. The van der Waals surface area contributed by atoms with Gasteiger partial charge in [0.2, 0.25) is 17.7 Å². The molecule has 1 aliphatic heterocycles. The zero-order valence-electron chi connectivity index (χ0n) is 28.8. The lowest BCUT2D eigenvalue weighted by molar-refractivity contribution is -0.134. The van der Waals surface area contributed by atoms with Crippen molar-refractivity contribution in [3.05, 3.63) is 78.1 Å². The Bertz CT molecular complexity index is 1640. The number of likely N-dealkylation sites (N-methyl/N-ethyl adjacent to an activating group) is 1. The number of nitrogens with two attached hydrogens (primary N) is 1. The molecule has 0 fully saturated rings. The molecular weight excluding hydrogens is 643 g/mol. The zero-order chi connectivity index (χ0) is 36.2. The molecule has 0 bridgehead atoms. The number of nitrogens with zero attached hydrogens (tertiary/aromatic N) is 2. The number of ether oxygens (including phenoxy) is 1. The average Bonchev–Trinajstić information content (AvgIpc) is 3.13. The SMILES string of the molecule is C[C@H](CO)N1C[C@H](C)[C@H](CN(C)C(=O)Nc2ccc(F)cc2)Oc2ccc(NC(=O)CCCCCC(=O)Nc3ccccc3N)cc2CC1=O. The molecule has 4 rings (SSSR count). The number of halogens is 1. The largest absolute Gasteiger partial charge is 0.488 e. The van der Waals surface area contributed by atoms with E-state index in [2.05, 4.69) is 16.0 Å². The number of hydrogen-bond donors (Lipinski definition) is 5. The smallest absolute Gasteiger partial charge is 0.321 e. The standard InChI is InChI=1S/C37H47FN6O6/c1-24-21-44(25(2)23-45)36(48)20-26-19-29(40-34(46)11-5-4-6-12-35(47)42-31-10-8-7-9-30(31)39)17-18-32(26)50-33(24)22-43(3)37(49)41-28-15-13-27(38)14-16-28/h7-10,13-19,24-25,33,45H,4-6,11-12,20-23,39H2,1-3H3,(H,40,46)(H,41,49)(H,42,47)/t24-,25+,33-/m0/s1. The van der Waals surface area contributed by atoms with E-state index in [1.807, 2.05) is 6.92 Å². The minimum Gasteiger partial charge on any atom is -0.488 e. The van der Waals surface area contributed by atoms with E-state index in [4.69, 9.17) is 10.5 Å². The molecule has 50 heavy (non-hydrogen) atoms. The van der Waals surface area contributed by atoms with E-state index in [9.17, 15) is 28.7 Å². The number of aliphatic hydroxyl groups is 1. The van der Waals surface area contributed by atoms with Crippen LogP contribution < -0.4 is 26.4 Å². The summed E-state index contributed by atoms with van der Waals surface area (Å²) in [6.45, 7) is 3.93. The second kappa shape index (κ2) is 18.0. The average molecular weight is 691 g/mol. The molecule has 3 atom stereocenters. The van der Waals surface area contributed by atoms with Crippen molar-refractivity contribution >= 4 is 46.5 Å². The van der Waals surface area contributed by atoms with Crippen LogP contribution in [0.3, 0.4) is 0 Å². The van der Waals surface area contributed by atoms with E-state index in [1.165, 1.54) is 29.2 Å². The lowest BCUT2D eigenvalue weighted by Crippen LogP contribution is -2.48. The predicted molar refractivity (Wildman–Crippen MR) is 191 cm³/mol. The van der Waals surface area contributed by atoms with E-state index < -0.39 is 24.0 Å². The third-order valence-corrected chi connectivity index (χ3v) is 8.64. The van der Waals surface area contributed by atoms with Gasteiger partial charge < -0.3 is 41.3 Å². The van der Waals surface area contributed by atoms with Crippen molar-refractivity contribution in [1.82, 2.24) is 9.80 Å². The number of anilines is 4. The molecule has 13 heteroatoms. The molecule has 268 valence electrons. The van der Waals surface area contributed by atoms with Gasteiger partial charge in [-0.1, -0.05) is 25.5 Å². The van der Waals surface area contributed by atoms with Crippen LogP contribution >= 0.6 is 0 Å². The van der Waals surface area contributed by atoms with Crippen LogP contribution in [0.1, 0.15) is 51.5 Å². The fourth-order valence-corrected chi connectivity index (χ4v) is 5.63. The Kier molecular flexibility index (Phi) is 13.6.